The highest BCUT2D eigenvalue weighted by Gasteiger charge is 2.34. The molecule has 1 heterocycles. The Morgan fingerprint density at radius 3 is 2.82 bits per heavy atom. The zero-order valence-electron chi connectivity index (χ0n) is 10.2. The van der Waals surface area contributed by atoms with E-state index in [9.17, 15) is 9.90 Å². The van der Waals surface area contributed by atoms with E-state index in [2.05, 4.69) is 0 Å². The number of ketones is 1. The van der Waals surface area contributed by atoms with Crippen molar-refractivity contribution in [3.8, 4) is 17.2 Å². The second-order valence-corrected chi connectivity index (χ2v) is 4.71. The zero-order chi connectivity index (χ0) is 12.6. The summed E-state index contributed by atoms with van der Waals surface area (Å²) in [7, 11) is 0. The van der Waals surface area contributed by atoms with Crippen LogP contribution in [0.15, 0.2) is 12.1 Å². The summed E-state index contributed by atoms with van der Waals surface area (Å²) in [6.45, 7) is 6.04. The van der Waals surface area contributed by atoms with Crippen LogP contribution in [0.4, 0.5) is 0 Å². The Morgan fingerprint density at radius 2 is 2.18 bits per heavy atom. The molecule has 0 radical (unpaired) electrons. The van der Waals surface area contributed by atoms with Gasteiger partial charge in [-0.25, -0.2) is 0 Å². The fourth-order valence-corrected chi connectivity index (χ4v) is 2.00. The van der Waals surface area contributed by atoms with Crippen LogP contribution in [0.1, 0.15) is 37.6 Å². The normalized spacial score (nSPS) is 17.2. The van der Waals surface area contributed by atoms with Gasteiger partial charge in [0.2, 0.25) is 0 Å². The monoisotopic (exact) mass is 236 g/mol. The van der Waals surface area contributed by atoms with Gasteiger partial charge in [-0.2, -0.15) is 0 Å². The summed E-state index contributed by atoms with van der Waals surface area (Å²) in [6, 6.07) is 3.10. The van der Waals surface area contributed by atoms with Gasteiger partial charge in [0.15, 0.2) is 5.78 Å². The molecule has 17 heavy (non-hydrogen) atoms. The van der Waals surface area contributed by atoms with Gasteiger partial charge in [-0.15, -0.1) is 0 Å². The Hall–Kier alpha value is -1.71. The highest BCUT2D eigenvalue weighted by atomic mass is 16.5. The minimum absolute atomic E-state index is 0.0774. The first kappa shape index (κ1) is 11.8. The first-order valence-electron chi connectivity index (χ1n) is 5.65. The Morgan fingerprint density at radius 1 is 1.47 bits per heavy atom. The van der Waals surface area contributed by atoms with E-state index in [1.54, 1.807) is 6.07 Å². The number of benzene rings is 1. The van der Waals surface area contributed by atoms with E-state index in [-0.39, 0.29) is 23.5 Å². The summed E-state index contributed by atoms with van der Waals surface area (Å²) in [5.74, 6) is 0.729. The molecule has 0 aliphatic carbocycles. The molecule has 1 aromatic carbocycles. The van der Waals surface area contributed by atoms with Gasteiger partial charge in [-0.1, -0.05) is 0 Å². The lowest BCUT2D eigenvalue weighted by Gasteiger charge is -2.32. The number of carbonyl (C=O) groups is 1. The Kier molecular flexibility index (Phi) is 2.73. The minimum Gasteiger partial charge on any atom is -0.507 e. The van der Waals surface area contributed by atoms with Crippen LogP contribution in [-0.2, 0) is 0 Å². The largest absolute Gasteiger partial charge is 0.507 e. The minimum atomic E-state index is -0.540. The molecule has 92 valence electrons. The van der Waals surface area contributed by atoms with Crippen LogP contribution in [0.3, 0.4) is 0 Å². The average Bonchev–Trinajstić information content (AvgIpc) is 2.13. The predicted molar refractivity (Wildman–Crippen MR) is 62.9 cm³/mol. The summed E-state index contributed by atoms with van der Waals surface area (Å²) in [6.07, 6.45) is 0.265. The molecular weight excluding hydrogens is 220 g/mol. The van der Waals surface area contributed by atoms with Gasteiger partial charge >= 0.3 is 0 Å². The topological polar surface area (TPSA) is 55.8 Å². The number of hydrogen-bond donors (Lipinski definition) is 1. The number of rotatable bonds is 2. The molecule has 2 rings (SSSR count). The van der Waals surface area contributed by atoms with E-state index in [4.69, 9.17) is 9.47 Å². The van der Waals surface area contributed by atoms with Crippen molar-refractivity contribution in [1.29, 1.82) is 0 Å². The van der Waals surface area contributed by atoms with Crippen molar-refractivity contribution in [2.75, 3.05) is 6.61 Å². The van der Waals surface area contributed by atoms with E-state index >= 15 is 0 Å². The third kappa shape index (κ3) is 2.20. The molecule has 0 unspecified atom stereocenters. The molecule has 0 fully saturated rings. The molecule has 1 N–H and O–H groups in total. The fourth-order valence-electron chi connectivity index (χ4n) is 2.00. The lowest BCUT2D eigenvalue weighted by Crippen LogP contribution is -2.35. The first-order valence-corrected chi connectivity index (χ1v) is 5.65. The van der Waals surface area contributed by atoms with E-state index in [0.29, 0.717) is 18.1 Å². The van der Waals surface area contributed by atoms with Gasteiger partial charge in [0, 0.05) is 12.1 Å². The molecule has 1 aromatic rings. The molecule has 1 aliphatic rings. The number of ether oxygens (including phenoxy) is 2. The van der Waals surface area contributed by atoms with Crippen molar-refractivity contribution in [3.05, 3.63) is 17.7 Å². The molecular formula is C13H16O4. The van der Waals surface area contributed by atoms with Crippen molar-refractivity contribution in [3.63, 3.8) is 0 Å². The number of aromatic hydroxyl groups is 1. The van der Waals surface area contributed by atoms with Crippen LogP contribution in [-0.4, -0.2) is 23.1 Å². The maximum atomic E-state index is 11.9. The summed E-state index contributed by atoms with van der Waals surface area (Å²) >= 11 is 0. The fraction of sp³-hybridized carbons (Fsp3) is 0.462. The molecule has 0 aromatic heterocycles. The van der Waals surface area contributed by atoms with E-state index in [1.807, 2.05) is 20.8 Å². The molecule has 1 aliphatic heterocycles. The second kappa shape index (κ2) is 3.95. The van der Waals surface area contributed by atoms with Crippen LogP contribution >= 0.6 is 0 Å². The predicted octanol–water partition coefficient (Wildman–Crippen LogP) is 2.53. The average molecular weight is 236 g/mol. The van der Waals surface area contributed by atoms with Gasteiger partial charge in [0.05, 0.1) is 13.0 Å². The quantitative estimate of drug-likeness (QED) is 0.857. The van der Waals surface area contributed by atoms with Gasteiger partial charge in [-0.05, 0) is 20.8 Å². The van der Waals surface area contributed by atoms with Crippen molar-refractivity contribution < 1.29 is 19.4 Å². The smallest absolute Gasteiger partial charge is 0.174 e. The number of fused-ring (bicyclic) bond motifs is 1. The van der Waals surface area contributed by atoms with Crippen LogP contribution in [0.2, 0.25) is 0 Å². The highest BCUT2D eigenvalue weighted by molar-refractivity contribution is 6.03. The lowest BCUT2D eigenvalue weighted by molar-refractivity contribution is 0.0612. The van der Waals surface area contributed by atoms with Crippen LogP contribution in [0, 0.1) is 0 Å². The first-order chi connectivity index (χ1) is 7.93. The molecule has 0 atom stereocenters. The molecule has 0 amide bonds. The van der Waals surface area contributed by atoms with Crippen LogP contribution in [0.5, 0.6) is 17.2 Å². The molecule has 0 spiro atoms. The molecule has 4 heteroatoms. The Balaban J connectivity index is 2.49. The van der Waals surface area contributed by atoms with Gasteiger partial charge < -0.3 is 14.6 Å². The highest BCUT2D eigenvalue weighted by Crippen LogP contribution is 2.40. The molecule has 0 saturated carbocycles. The summed E-state index contributed by atoms with van der Waals surface area (Å²) in [4.78, 5) is 11.9. The maximum Gasteiger partial charge on any atom is 0.174 e. The van der Waals surface area contributed by atoms with Gasteiger partial charge in [-0.3, -0.25) is 4.79 Å². The van der Waals surface area contributed by atoms with Gasteiger partial charge in [0.1, 0.15) is 28.4 Å². The SMILES string of the molecule is CCOc1cc(O)c2c(c1)OC(C)(C)CC2=O. The lowest BCUT2D eigenvalue weighted by atomic mass is 9.92. The molecule has 0 saturated heterocycles. The van der Waals surface area contributed by atoms with E-state index in [0.717, 1.165) is 0 Å². The number of phenols is 1. The third-order valence-electron chi connectivity index (χ3n) is 2.62. The van der Waals surface area contributed by atoms with Crippen molar-refractivity contribution >= 4 is 5.78 Å². The second-order valence-electron chi connectivity index (χ2n) is 4.71. The van der Waals surface area contributed by atoms with Crippen LogP contribution < -0.4 is 9.47 Å². The van der Waals surface area contributed by atoms with Crippen molar-refractivity contribution in [1.82, 2.24) is 0 Å². The number of carbonyl (C=O) groups excluding carboxylic acids is 1. The zero-order valence-corrected chi connectivity index (χ0v) is 10.2. The van der Waals surface area contributed by atoms with E-state index < -0.39 is 5.60 Å². The summed E-state index contributed by atoms with van der Waals surface area (Å²) < 4.78 is 11.0. The number of Topliss-reactive ketones (excluding diaryl/α,β-unsaturated/α-hetero) is 1. The third-order valence-corrected chi connectivity index (χ3v) is 2.62. The van der Waals surface area contributed by atoms with E-state index in [1.165, 1.54) is 6.07 Å². The number of hydrogen-bond acceptors (Lipinski definition) is 4. The van der Waals surface area contributed by atoms with Crippen molar-refractivity contribution in [2.24, 2.45) is 0 Å². The summed E-state index contributed by atoms with van der Waals surface area (Å²) in [5.41, 5.74) is -0.283. The molecule has 4 nitrogen and oxygen atoms in total. The van der Waals surface area contributed by atoms with Crippen molar-refractivity contribution in [2.45, 2.75) is 32.8 Å². The van der Waals surface area contributed by atoms with Crippen LogP contribution in [0.25, 0.3) is 0 Å². The standard InChI is InChI=1S/C13H16O4/c1-4-16-8-5-9(14)12-10(15)7-13(2,3)17-11(12)6-8/h5-6,14H,4,7H2,1-3H3. The maximum absolute atomic E-state index is 11.9. The van der Waals surface area contributed by atoms with Gasteiger partial charge in [0.25, 0.3) is 0 Å². The molecule has 0 bridgehead atoms. The number of phenolic OH excluding ortho intramolecular Hbond substituents is 1. The summed E-state index contributed by atoms with van der Waals surface area (Å²) in [5, 5.41) is 9.82. The Bertz CT molecular complexity index is 463. The Labute approximate surface area is 100 Å².